The van der Waals surface area contributed by atoms with Crippen LogP contribution < -0.4 is 0 Å². The van der Waals surface area contributed by atoms with Crippen LogP contribution >= 0.6 is 0 Å². The van der Waals surface area contributed by atoms with Crippen molar-refractivity contribution in [3.05, 3.63) is 108 Å². The molecule has 3 atom stereocenters. The van der Waals surface area contributed by atoms with Gasteiger partial charge in [-0.05, 0) is 16.7 Å². The largest absolute Gasteiger partial charge is 0.400 e. The van der Waals surface area contributed by atoms with Crippen molar-refractivity contribution in [3.63, 3.8) is 0 Å². The summed E-state index contributed by atoms with van der Waals surface area (Å²) in [4.78, 5) is 0. The quantitative estimate of drug-likeness (QED) is 0.511. The first-order valence-corrected chi connectivity index (χ1v) is 10.9. The van der Waals surface area contributed by atoms with Crippen LogP contribution in [0.1, 0.15) is 16.7 Å². The Morgan fingerprint density at radius 2 is 1.16 bits per heavy atom. The van der Waals surface area contributed by atoms with E-state index in [9.17, 15) is 0 Å². The van der Waals surface area contributed by atoms with Gasteiger partial charge in [-0.15, -0.1) is 0 Å². The van der Waals surface area contributed by atoms with Gasteiger partial charge in [-0.1, -0.05) is 91.0 Å². The summed E-state index contributed by atoms with van der Waals surface area (Å²) in [6, 6.07) is 30.5. The Hall–Kier alpha value is -2.54. The van der Waals surface area contributed by atoms with E-state index in [4.69, 9.17) is 24.1 Å². The molecule has 0 aromatic heterocycles. The SMILES string of the molecule is CO.c1ccc(COCC2OCC(OCc3ccccc3)C2OCc2ccccc2)cc1. The predicted molar refractivity (Wildman–Crippen MR) is 124 cm³/mol. The first-order chi connectivity index (χ1) is 15.9. The zero-order chi connectivity index (χ0) is 22.4. The monoisotopic (exact) mass is 436 g/mol. The van der Waals surface area contributed by atoms with Gasteiger partial charge in [-0.25, -0.2) is 0 Å². The maximum atomic E-state index is 7.00. The van der Waals surface area contributed by atoms with Gasteiger partial charge < -0.3 is 24.1 Å². The lowest BCUT2D eigenvalue weighted by Crippen LogP contribution is -2.37. The molecule has 1 fully saturated rings. The molecule has 1 N–H and O–H groups in total. The van der Waals surface area contributed by atoms with Gasteiger partial charge in [0, 0.05) is 7.11 Å². The highest BCUT2D eigenvalue weighted by Gasteiger charge is 2.39. The maximum absolute atomic E-state index is 7.00. The molecule has 0 bridgehead atoms. The van der Waals surface area contributed by atoms with Crippen molar-refractivity contribution in [2.24, 2.45) is 0 Å². The third kappa shape index (κ3) is 7.55. The molecule has 1 heterocycles. The molecule has 170 valence electrons. The van der Waals surface area contributed by atoms with Crippen LogP contribution in [-0.2, 0) is 38.8 Å². The molecule has 3 aromatic rings. The van der Waals surface area contributed by atoms with E-state index in [1.54, 1.807) is 0 Å². The summed E-state index contributed by atoms with van der Waals surface area (Å²) in [5, 5.41) is 7.00. The number of ether oxygens (including phenoxy) is 4. The summed E-state index contributed by atoms with van der Waals surface area (Å²) < 4.78 is 24.4. The summed E-state index contributed by atoms with van der Waals surface area (Å²) >= 11 is 0. The summed E-state index contributed by atoms with van der Waals surface area (Å²) in [5.74, 6) is 0. The lowest BCUT2D eigenvalue weighted by atomic mass is 10.1. The molecule has 1 saturated heterocycles. The lowest BCUT2D eigenvalue weighted by molar-refractivity contribution is -0.0895. The Morgan fingerprint density at radius 3 is 1.69 bits per heavy atom. The van der Waals surface area contributed by atoms with Crippen LogP contribution in [-0.4, -0.2) is 43.7 Å². The van der Waals surface area contributed by atoms with Crippen LogP contribution in [0.2, 0.25) is 0 Å². The van der Waals surface area contributed by atoms with Crippen molar-refractivity contribution in [1.29, 1.82) is 0 Å². The molecule has 0 amide bonds. The van der Waals surface area contributed by atoms with E-state index in [2.05, 4.69) is 36.4 Å². The Morgan fingerprint density at radius 1 is 0.688 bits per heavy atom. The predicted octanol–water partition coefficient (Wildman–Crippen LogP) is 4.38. The van der Waals surface area contributed by atoms with Crippen LogP contribution in [0.5, 0.6) is 0 Å². The topological polar surface area (TPSA) is 57.2 Å². The number of aliphatic hydroxyl groups excluding tert-OH is 1. The normalized spacial score (nSPS) is 19.9. The van der Waals surface area contributed by atoms with Crippen LogP contribution in [0.15, 0.2) is 91.0 Å². The summed E-state index contributed by atoms with van der Waals surface area (Å²) in [5.41, 5.74) is 3.42. The van der Waals surface area contributed by atoms with Crippen molar-refractivity contribution >= 4 is 0 Å². The molecule has 3 unspecified atom stereocenters. The molecule has 3 aromatic carbocycles. The van der Waals surface area contributed by atoms with E-state index in [0.29, 0.717) is 33.0 Å². The van der Waals surface area contributed by atoms with Crippen molar-refractivity contribution < 1.29 is 24.1 Å². The molecule has 1 aliphatic rings. The molecule has 5 heteroatoms. The molecule has 4 rings (SSSR count). The minimum absolute atomic E-state index is 0.126. The van der Waals surface area contributed by atoms with E-state index in [0.717, 1.165) is 23.8 Å². The van der Waals surface area contributed by atoms with Crippen molar-refractivity contribution in [3.8, 4) is 0 Å². The van der Waals surface area contributed by atoms with Crippen molar-refractivity contribution in [1.82, 2.24) is 0 Å². The summed E-state index contributed by atoms with van der Waals surface area (Å²) in [6.07, 6.45) is -0.456. The number of aliphatic hydroxyl groups is 1. The van der Waals surface area contributed by atoms with E-state index in [-0.39, 0.29) is 18.3 Å². The molecular weight excluding hydrogens is 404 g/mol. The average molecular weight is 437 g/mol. The Kier molecular flexibility index (Phi) is 10.4. The fraction of sp³-hybridized carbons (Fsp3) is 0.333. The van der Waals surface area contributed by atoms with Gasteiger partial charge in [-0.2, -0.15) is 0 Å². The van der Waals surface area contributed by atoms with Crippen molar-refractivity contribution in [2.75, 3.05) is 20.3 Å². The highest BCUT2D eigenvalue weighted by Crippen LogP contribution is 2.24. The van der Waals surface area contributed by atoms with Crippen LogP contribution in [0.4, 0.5) is 0 Å². The molecule has 5 nitrogen and oxygen atoms in total. The minimum atomic E-state index is -0.176. The van der Waals surface area contributed by atoms with E-state index < -0.39 is 0 Å². The first-order valence-electron chi connectivity index (χ1n) is 10.9. The van der Waals surface area contributed by atoms with E-state index in [1.807, 2.05) is 54.6 Å². The Balaban J connectivity index is 0.00000141. The zero-order valence-corrected chi connectivity index (χ0v) is 18.5. The third-order valence-corrected chi connectivity index (χ3v) is 5.19. The number of hydrogen-bond acceptors (Lipinski definition) is 5. The average Bonchev–Trinajstić information content (AvgIpc) is 3.26. The van der Waals surface area contributed by atoms with Gasteiger partial charge in [-0.3, -0.25) is 0 Å². The number of rotatable bonds is 10. The fourth-order valence-corrected chi connectivity index (χ4v) is 3.56. The maximum Gasteiger partial charge on any atom is 0.115 e. The van der Waals surface area contributed by atoms with Crippen LogP contribution in [0.25, 0.3) is 0 Å². The van der Waals surface area contributed by atoms with Crippen LogP contribution in [0.3, 0.4) is 0 Å². The van der Waals surface area contributed by atoms with Gasteiger partial charge in [0.1, 0.15) is 18.3 Å². The van der Waals surface area contributed by atoms with Gasteiger partial charge in [0.05, 0.1) is 33.0 Å². The van der Waals surface area contributed by atoms with Crippen molar-refractivity contribution in [2.45, 2.75) is 38.1 Å². The van der Waals surface area contributed by atoms with Gasteiger partial charge >= 0.3 is 0 Å². The molecule has 0 spiro atoms. The highest BCUT2D eigenvalue weighted by atomic mass is 16.6. The number of benzene rings is 3. The smallest absolute Gasteiger partial charge is 0.115 e. The molecule has 1 aliphatic heterocycles. The zero-order valence-electron chi connectivity index (χ0n) is 18.5. The second-order valence-electron chi connectivity index (χ2n) is 7.47. The Labute approximate surface area is 190 Å². The second kappa shape index (κ2) is 13.8. The summed E-state index contributed by atoms with van der Waals surface area (Å²) in [6.45, 7) is 2.60. The fourth-order valence-electron chi connectivity index (χ4n) is 3.56. The standard InChI is InChI=1S/C26H28O4.CH4O/c1-4-10-21(11-5-1)16-27-19-24-26(30-18-23-14-8-3-9-15-23)25(20-29-24)28-17-22-12-6-2-7-13-22;1-2/h1-15,24-26H,16-20H2;2H,1H3. The molecular formula is C27H32O5. The van der Waals surface area contributed by atoms with E-state index >= 15 is 0 Å². The van der Waals surface area contributed by atoms with Gasteiger partial charge in [0.2, 0.25) is 0 Å². The molecule has 0 radical (unpaired) electrons. The van der Waals surface area contributed by atoms with Crippen LogP contribution in [0, 0.1) is 0 Å². The van der Waals surface area contributed by atoms with E-state index in [1.165, 1.54) is 0 Å². The summed E-state index contributed by atoms with van der Waals surface area (Å²) in [7, 11) is 1.00. The second-order valence-corrected chi connectivity index (χ2v) is 7.47. The Bertz CT molecular complexity index is 857. The lowest BCUT2D eigenvalue weighted by Gasteiger charge is -2.24. The molecule has 32 heavy (non-hydrogen) atoms. The first kappa shape index (κ1) is 24.1. The van der Waals surface area contributed by atoms with Gasteiger partial charge in [0.25, 0.3) is 0 Å². The molecule has 0 aliphatic carbocycles. The minimum Gasteiger partial charge on any atom is -0.400 e. The third-order valence-electron chi connectivity index (χ3n) is 5.19. The highest BCUT2D eigenvalue weighted by molar-refractivity contribution is 5.15. The molecule has 0 saturated carbocycles. The van der Waals surface area contributed by atoms with Gasteiger partial charge in [0.15, 0.2) is 0 Å². The number of hydrogen-bond donors (Lipinski definition) is 1.